The summed E-state index contributed by atoms with van der Waals surface area (Å²) in [6.45, 7) is 0.567. The number of aromatic nitrogens is 3. The zero-order valence-corrected chi connectivity index (χ0v) is 12.1. The third-order valence-electron chi connectivity index (χ3n) is 2.62. The molecular formula is C13H16ClN5O. The molecule has 0 saturated carbocycles. The van der Waals surface area contributed by atoms with Crippen molar-refractivity contribution in [3.05, 3.63) is 40.7 Å². The Balaban J connectivity index is 2.10. The first kappa shape index (κ1) is 14.5. The van der Waals surface area contributed by atoms with Crippen LogP contribution in [0.25, 0.3) is 0 Å². The first-order valence-corrected chi connectivity index (χ1v) is 6.47. The fourth-order valence-corrected chi connectivity index (χ4v) is 1.79. The minimum Gasteiger partial charge on any atom is -0.392 e. The number of rotatable bonds is 5. The quantitative estimate of drug-likeness (QED) is 0.874. The van der Waals surface area contributed by atoms with E-state index >= 15 is 0 Å². The van der Waals surface area contributed by atoms with Crippen molar-refractivity contribution >= 4 is 23.5 Å². The summed E-state index contributed by atoms with van der Waals surface area (Å²) in [6, 6.07) is 7.64. The number of hydrogen-bond acceptors (Lipinski definition) is 6. The number of aliphatic hydroxyl groups excluding tert-OH is 1. The van der Waals surface area contributed by atoms with E-state index in [2.05, 4.69) is 20.3 Å². The molecule has 0 fully saturated rings. The second-order valence-electron chi connectivity index (χ2n) is 4.45. The molecule has 2 rings (SSSR count). The predicted molar refractivity (Wildman–Crippen MR) is 78.9 cm³/mol. The van der Waals surface area contributed by atoms with Crippen LogP contribution in [-0.2, 0) is 13.2 Å². The predicted octanol–water partition coefficient (Wildman–Crippen LogP) is 1.70. The highest BCUT2D eigenvalue weighted by Crippen LogP contribution is 2.13. The van der Waals surface area contributed by atoms with Crippen LogP contribution in [0.5, 0.6) is 0 Å². The van der Waals surface area contributed by atoms with Gasteiger partial charge in [-0.05, 0) is 22.7 Å². The van der Waals surface area contributed by atoms with E-state index in [0.29, 0.717) is 18.4 Å². The van der Waals surface area contributed by atoms with Gasteiger partial charge >= 0.3 is 0 Å². The van der Waals surface area contributed by atoms with Gasteiger partial charge in [0.2, 0.25) is 17.2 Å². The Bertz CT molecular complexity index is 591. The van der Waals surface area contributed by atoms with E-state index in [4.69, 9.17) is 16.7 Å². The molecule has 1 aromatic carbocycles. The van der Waals surface area contributed by atoms with Crippen LogP contribution in [0.1, 0.15) is 11.1 Å². The molecule has 0 saturated heterocycles. The number of benzene rings is 1. The maximum absolute atomic E-state index is 9.10. The summed E-state index contributed by atoms with van der Waals surface area (Å²) in [5.74, 6) is 0.916. The molecule has 1 aromatic heterocycles. The summed E-state index contributed by atoms with van der Waals surface area (Å²) >= 11 is 5.86. The smallest absolute Gasteiger partial charge is 0.230 e. The first-order chi connectivity index (χ1) is 9.58. The van der Waals surface area contributed by atoms with Crippen molar-refractivity contribution in [3.8, 4) is 0 Å². The highest BCUT2D eigenvalue weighted by atomic mass is 35.5. The summed E-state index contributed by atoms with van der Waals surface area (Å²) in [4.78, 5) is 14.0. The van der Waals surface area contributed by atoms with Crippen molar-refractivity contribution in [2.75, 3.05) is 24.3 Å². The van der Waals surface area contributed by atoms with Crippen molar-refractivity contribution in [1.82, 2.24) is 15.0 Å². The molecule has 0 spiro atoms. The molecule has 7 heteroatoms. The lowest BCUT2D eigenvalue weighted by molar-refractivity contribution is 0.281. The minimum atomic E-state index is 0.0240. The molecule has 2 aromatic rings. The molecule has 0 radical (unpaired) electrons. The van der Waals surface area contributed by atoms with Gasteiger partial charge in [0, 0.05) is 20.6 Å². The van der Waals surface area contributed by atoms with Gasteiger partial charge in [-0.2, -0.15) is 15.0 Å². The molecule has 0 aliphatic heterocycles. The van der Waals surface area contributed by atoms with E-state index in [9.17, 15) is 0 Å². The lowest BCUT2D eigenvalue weighted by atomic mass is 10.1. The fraction of sp³-hybridized carbons (Fsp3) is 0.308. The average Bonchev–Trinajstić information content (AvgIpc) is 2.44. The Morgan fingerprint density at radius 3 is 2.65 bits per heavy atom. The molecule has 0 unspecified atom stereocenters. The van der Waals surface area contributed by atoms with Crippen LogP contribution in [0.4, 0.5) is 11.9 Å². The van der Waals surface area contributed by atoms with Crippen LogP contribution < -0.4 is 10.2 Å². The first-order valence-electron chi connectivity index (χ1n) is 6.10. The van der Waals surface area contributed by atoms with Crippen molar-refractivity contribution in [2.24, 2.45) is 0 Å². The summed E-state index contributed by atoms with van der Waals surface area (Å²) in [7, 11) is 3.67. The molecule has 6 nitrogen and oxygen atoms in total. The molecule has 106 valence electrons. The van der Waals surface area contributed by atoms with E-state index in [1.54, 1.807) is 4.90 Å². The number of anilines is 2. The Morgan fingerprint density at radius 1 is 1.20 bits per heavy atom. The molecule has 0 aliphatic rings. The largest absolute Gasteiger partial charge is 0.392 e. The molecule has 2 N–H and O–H groups in total. The summed E-state index contributed by atoms with van der Waals surface area (Å²) in [5, 5.41) is 12.3. The lowest BCUT2D eigenvalue weighted by Gasteiger charge is -2.12. The van der Waals surface area contributed by atoms with Gasteiger partial charge in [0.05, 0.1) is 6.61 Å². The summed E-state index contributed by atoms with van der Waals surface area (Å²) in [6.07, 6.45) is 0. The monoisotopic (exact) mass is 293 g/mol. The summed E-state index contributed by atoms with van der Waals surface area (Å²) in [5.41, 5.74) is 1.89. The number of nitrogens with zero attached hydrogens (tertiary/aromatic N) is 4. The van der Waals surface area contributed by atoms with Crippen molar-refractivity contribution in [3.63, 3.8) is 0 Å². The average molecular weight is 294 g/mol. The van der Waals surface area contributed by atoms with Gasteiger partial charge in [0.1, 0.15) is 0 Å². The molecule has 0 amide bonds. The standard InChI is InChI=1S/C13H16ClN5O/c1-19(2)13-17-11(14)16-12(18-13)15-7-9-4-3-5-10(6-9)8-20/h3-6,20H,7-8H2,1-2H3,(H,15,16,17,18). The van der Waals surface area contributed by atoms with Gasteiger partial charge in [0.25, 0.3) is 0 Å². The third kappa shape index (κ3) is 3.79. The second kappa shape index (κ2) is 6.49. The van der Waals surface area contributed by atoms with Gasteiger partial charge < -0.3 is 15.3 Å². The van der Waals surface area contributed by atoms with Gasteiger partial charge in [-0.25, -0.2) is 0 Å². The molecule has 0 aliphatic carbocycles. The fourth-order valence-electron chi connectivity index (χ4n) is 1.64. The Labute approximate surface area is 122 Å². The molecule has 0 atom stereocenters. The maximum atomic E-state index is 9.10. The van der Waals surface area contributed by atoms with Crippen LogP contribution in [0.3, 0.4) is 0 Å². The SMILES string of the molecule is CN(C)c1nc(Cl)nc(NCc2cccc(CO)c2)n1. The van der Waals surface area contributed by atoms with E-state index in [-0.39, 0.29) is 11.9 Å². The zero-order valence-electron chi connectivity index (χ0n) is 11.3. The van der Waals surface area contributed by atoms with E-state index in [0.717, 1.165) is 11.1 Å². The van der Waals surface area contributed by atoms with Crippen molar-refractivity contribution in [1.29, 1.82) is 0 Å². The van der Waals surface area contributed by atoms with Crippen LogP contribution in [0.2, 0.25) is 5.28 Å². The van der Waals surface area contributed by atoms with E-state index in [1.807, 2.05) is 38.4 Å². The van der Waals surface area contributed by atoms with Gasteiger partial charge in [-0.3, -0.25) is 0 Å². The lowest BCUT2D eigenvalue weighted by Crippen LogP contribution is -2.15. The third-order valence-corrected chi connectivity index (χ3v) is 2.79. The normalized spacial score (nSPS) is 10.4. The van der Waals surface area contributed by atoms with Crippen molar-refractivity contribution < 1.29 is 5.11 Å². The molecule has 1 heterocycles. The molecule has 0 bridgehead atoms. The maximum Gasteiger partial charge on any atom is 0.230 e. The second-order valence-corrected chi connectivity index (χ2v) is 4.79. The van der Waals surface area contributed by atoms with Crippen LogP contribution in [0, 0.1) is 0 Å². The number of nitrogens with one attached hydrogen (secondary N) is 1. The van der Waals surface area contributed by atoms with Crippen LogP contribution >= 0.6 is 11.6 Å². The highest BCUT2D eigenvalue weighted by Gasteiger charge is 2.06. The van der Waals surface area contributed by atoms with Gasteiger partial charge in [0.15, 0.2) is 0 Å². The Morgan fingerprint density at radius 2 is 1.95 bits per heavy atom. The molecular weight excluding hydrogens is 278 g/mol. The number of hydrogen-bond donors (Lipinski definition) is 2. The van der Waals surface area contributed by atoms with Gasteiger partial charge in [-0.15, -0.1) is 0 Å². The van der Waals surface area contributed by atoms with E-state index < -0.39 is 0 Å². The van der Waals surface area contributed by atoms with Crippen LogP contribution in [0.15, 0.2) is 24.3 Å². The number of halogens is 1. The van der Waals surface area contributed by atoms with Gasteiger partial charge in [-0.1, -0.05) is 24.3 Å². The topological polar surface area (TPSA) is 74.2 Å². The zero-order chi connectivity index (χ0) is 14.5. The molecule has 20 heavy (non-hydrogen) atoms. The minimum absolute atomic E-state index is 0.0240. The highest BCUT2D eigenvalue weighted by molar-refractivity contribution is 6.28. The Kier molecular flexibility index (Phi) is 4.70. The van der Waals surface area contributed by atoms with E-state index in [1.165, 1.54) is 0 Å². The number of aliphatic hydroxyl groups is 1. The Hall–Kier alpha value is -1.92. The van der Waals surface area contributed by atoms with Crippen LogP contribution in [-0.4, -0.2) is 34.2 Å². The van der Waals surface area contributed by atoms with Crippen molar-refractivity contribution in [2.45, 2.75) is 13.2 Å². The summed E-state index contributed by atoms with van der Waals surface area (Å²) < 4.78 is 0.